The van der Waals surface area contributed by atoms with Crippen LogP contribution in [0.25, 0.3) is 0 Å². The van der Waals surface area contributed by atoms with Crippen molar-refractivity contribution < 1.29 is 14.3 Å². The maximum Gasteiger partial charge on any atom is 0.415 e. The molecule has 2 atom stereocenters. The summed E-state index contributed by atoms with van der Waals surface area (Å²) in [5, 5.41) is 0.119. The number of thioether (sulfide) groups is 1. The molecule has 124 valence electrons. The summed E-state index contributed by atoms with van der Waals surface area (Å²) in [5.41, 5.74) is 0. The molecule has 2 aliphatic heterocycles. The van der Waals surface area contributed by atoms with Crippen LogP contribution in [0.2, 0.25) is 0 Å². The normalized spacial score (nSPS) is 25.1. The van der Waals surface area contributed by atoms with Crippen molar-refractivity contribution in [3.63, 3.8) is 0 Å². The number of carbonyl (C=O) groups excluding carboxylic acids is 2. The topological polar surface area (TPSA) is 49.9 Å². The van der Waals surface area contributed by atoms with Gasteiger partial charge in [0.05, 0.1) is 12.1 Å². The first-order valence-corrected chi connectivity index (χ1v) is 8.16. The first kappa shape index (κ1) is 18.6. The lowest BCUT2D eigenvalue weighted by atomic mass is 10.0. The molecule has 0 aromatic rings. The van der Waals surface area contributed by atoms with Crippen LogP contribution in [-0.4, -0.2) is 47.3 Å². The van der Waals surface area contributed by atoms with E-state index in [-0.39, 0.29) is 23.4 Å². The molecule has 0 saturated carbocycles. The van der Waals surface area contributed by atoms with Crippen molar-refractivity contribution in [1.82, 2.24) is 9.80 Å². The van der Waals surface area contributed by atoms with Gasteiger partial charge in [-0.1, -0.05) is 40.9 Å². The van der Waals surface area contributed by atoms with E-state index >= 15 is 0 Å². The highest BCUT2D eigenvalue weighted by Gasteiger charge is 2.35. The standard InChI is InChI=1S/C8H13NO2.C8H13NOS/c2*1-5(2)7-6(3)11-8(10)9(7)4/h2*5,7H,3H2,1-2,4H3. The molecule has 22 heavy (non-hydrogen) atoms. The van der Waals surface area contributed by atoms with E-state index in [1.165, 1.54) is 11.8 Å². The van der Waals surface area contributed by atoms with Crippen LogP contribution in [0, 0.1) is 11.8 Å². The second-order valence-electron chi connectivity index (χ2n) is 6.27. The molecule has 6 heteroatoms. The summed E-state index contributed by atoms with van der Waals surface area (Å²) < 4.78 is 4.84. The van der Waals surface area contributed by atoms with Gasteiger partial charge < -0.3 is 14.5 Å². The predicted octanol–water partition coefficient (Wildman–Crippen LogP) is 3.93. The average Bonchev–Trinajstić information content (AvgIpc) is 2.77. The van der Waals surface area contributed by atoms with Gasteiger partial charge in [0.15, 0.2) is 0 Å². The molecule has 2 heterocycles. The number of cyclic esters (lactones) is 1. The molecular weight excluding hydrogens is 300 g/mol. The van der Waals surface area contributed by atoms with Gasteiger partial charge in [-0.25, -0.2) is 4.79 Å². The quantitative estimate of drug-likeness (QED) is 0.771. The largest absolute Gasteiger partial charge is 0.415 e. The third kappa shape index (κ3) is 3.85. The lowest BCUT2D eigenvalue weighted by Gasteiger charge is -2.22. The van der Waals surface area contributed by atoms with Gasteiger partial charge in [0.25, 0.3) is 5.24 Å². The fourth-order valence-electron chi connectivity index (χ4n) is 2.79. The Kier molecular flexibility index (Phi) is 6.11. The molecule has 2 aliphatic rings. The van der Waals surface area contributed by atoms with Crippen molar-refractivity contribution in [2.24, 2.45) is 11.8 Å². The number of nitrogens with zero attached hydrogens (tertiary/aromatic N) is 2. The Morgan fingerprint density at radius 2 is 1.50 bits per heavy atom. The van der Waals surface area contributed by atoms with Crippen molar-refractivity contribution in [2.75, 3.05) is 14.1 Å². The Bertz CT molecular complexity index is 444. The third-order valence-electron chi connectivity index (χ3n) is 3.77. The van der Waals surface area contributed by atoms with E-state index in [0.29, 0.717) is 17.6 Å². The molecular formula is C16H26N2O3S. The number of rotatable bonds is 2. The van der Waals surface area contributed by atoms with Gasteiger partial charge >= 0.3 is 6.09 Å². The highest BCUT2D eigenvalue weighted by Crippen LogP contribution is 2.35. The molecule has 0 aliphatic carbocycles. The van der Waals surface area contributed by atoms with Gasteiger partial charge in [-0.05, 0) is 23.6 Å². The van der Waals surface area contributed by atoms with Crippen LogP contribution in [0.5, 0.6) is 0 Å². The summed E-state index contributed by atoms with van der Waals surface area (Å²) in [6, 6.07) is 0.273. The van der Waals surface area contributed by atoms with Gasteiger partial charge in [0.2, 0.25) is 0 Å². The number of hydrogen-bond donors (Lipinski definition) is 0. The van der Waals surface area contributed by atoms with Crippen molar-refractivity contribution in [1.29, 1.82) is 0 Å². The maximum atomic E-state index is 11.1. The molecule has 0 radical (unpaired) electrons. The van der Waals surface area contributed by atoms with Gasteiger partial charge in [-0.15, -0.1) is 0 Å². The highest BCUT2D eigenvalue weighted by molar-refractivity contribution is 8.17. The second kappa shape index (κ2) is 7.22. The summed E-state index contributed by atoms with van der Waals surface area (Å²) in [7, 11) is 3.56. The van der Waals surface area contributed by atoms with Gasteiger partial charge in [0, 0.05) is 19.0 Å². The fraction of sp³-hybridized carbons (Fsp3) is 0.625. The van der Waals surface area contributed by atoms with Crippen LogP contribution in [0.4, 0.5) is 9.59 Å². The zero-order valence-corrected chi connectivity index (χ0v) is 15.1. The van der Waals surface area contributed by atoms with E-state index < -0.39 is 0 Å². The van der Waals surface area contributed by atoms with Crippen LogP contribution in [-0.2, 0) is 4.74 Å². The van der Waals surface area contributed by atoms with Crippen molar-refractivity contribution in [2.45, 2.75) is 39.8 Å². The lowest BCUT2D eigenvalue weighted by molar-refractivity contribution is 0.171. The monoisotopic (exact) mass is 326 g/mol. The van der Waals surface area contributed by atoms with E-state index in [0.717, 1.165) is 4.91 Å². The van der Waals surface area contributed by atoms with Crippen molar-refractivity contribution in [3.8, 4) is 0 Å². The SMILES string of the molecule is C=C1OC(=O)N(C)C1C(C)C.C=C1SC(=O)N(C)C1C(C)C. The third-order valence-corrected chi connectivity index (χ3v) is 4.74. The smallest absolute Gasteiger partial charge is 0.413 e. The number of hydrogen-bond acceptors (Lipinski definition) is 4. The first-order valence-electron chi connectivity index (χ1n) is 7.34. The summed E-state index contributed by atoms with van der Waals surface area (Å²) >= 11 is 1.26. The average molecular weight is 326 g/mol. The molecule has 0 N–H and O–H groups in total. The predicted molar refractivity (Wildman–Crippen MR) is 90.5 cm³/mol. The van der Waals surface area contributed by atoms with Crippen LogP contribution < -0.4 is 0 Å². The fourth-order valence-corrected chi connectivity index (χ4v) is 3.82. The van der Waals surface area contributed by atoms with E-state index in [1.807, 2.05) is 20.9 Å². The maximum absolute atomic E-state index is 11.1. The summed E-state index contributed by atoms with van der Waals surface area (Å²) in [6.07, 6.45) is -0.298. The number of likely N-dealkylation sites (N-methyl/N-ethyl adjacent to an activating group) is 2. The minimum atomic E-state index is -0.298. The highest BCUT2D eigenvalue weighted by atomic mass is 32.2. The van der Waals surface area contributed by atoms with Crippen LogP contribution in [0.3, 0.4) is 0 Å². The lowest BCUT2D eigenvalue weighted by Crippen LogP contribution is -2.32. The molecule has 2 saturated heterocycles. The van der Waals surface area contributed by atoms with Gasteiger partial charge in [-0.2, -0.15) is 0 Å². The van der Waals surface area contributed by atoms with E-state index in [4.69, 9.17) is 4.74 Å². The summed E-state index contributed by atoms with van der Waals surface area (Å²) in [5.74, 6) is 1.39. The number of amides is 2. The molecule has 0 bridgehead atoms. The summed E-state index contributed by atoms with van der Waals surface area (Å²) in [4.78, 5) is 26.4. The van der Waals surface area contributed by atoms with Gasteiger partial charge in [-0.3, -0.25) is 4.79 Å². The first-order chi connectivity index (χ1) is 10.1. The Morgan fingerprint density at radius 1 is 1.00 bits per heavy atom. The Morgan fingerprint density at radius 3 is 1.68 bits per heavy atom. The Balaban J connectivity index is 0.000000220. The molecule has 2 rings (SSSR count). The zero-order valence-electron chi connectivity index (χ0n) is 14.3. The van der Waals surface area contributed by atoms with E-state index in [9.17, 15) is 9.59 Å². The second-order valence-corrected chi connectivity index (χ2v) is 7.35. The molecule has 5 nitrogen and oxygen atoms in total. The van der Waals surface area contributed by atoms with E-state index in [2.05, 4.69) is 27.0 Å². The zero-order chi connectivity index (χ0) is 17.2. The van der Waals surface area contributed by atoms with Crippen molar-refractivity contribution in [3.05, 3.63) is 23.8 Å². The minimum absolute atomic E-state index is 0.0440. The molecule has 0 aromatic heterocycles. The summed E-state index contributed by atoms with van der Waals surface area (Å²) in [6.45, 7) is 15.8. The molecule has 2 fully saturated rings. The van der Waals surface area contributed by atoms with Crippen LogP contribution in [0.1, 0.15) is 27.7 Å². The number of ether oxygens (including phenoxy) is 1. The van der Waals surface area contributed by atoms with Crippen LogP contribution in [0.15, 0.2) is 23.8 Å². The van der Waals surface area contributed by atoms with E-state index in [1.54, 1.807) is 16.8 Å². The minimum Gasteiger partial charge on any atom is -0.413 e. The molecule has 2 unspecified atom stereocenters. The molecule has 0 spiro atoms. The van der Waals surface area contributed by atoms with Crippen molar-refractivity contribution >= 4 is 23.1 Å². The molecule has 2 amide bonds. The number of carbonyl (C=O) groups is 2. The Labute approximate surface area is 137 Å². The van der Waals surface area contributed by atoms with Crippen LogP contribution >= 0.6 is 11.8 Å². The Hall–Kier alpha value is -1.43. The van der Waals surface area contributed by atoms with Gasteiger partial charge in [0.1, 0.15) is 5.76 Å². The molecule has 0 aromatic carbocycles.